The summed E-state index contributed by atoms with van der Waals surface area (Å²) in [6, 6.07) is 19.5. The van der Waals surface area contributed by atoms with Crippen LogP contribution in [0.2, 0.25) is 15.1 Å². The molecular weight excluding hydrogens is 593 g/mol. The number of sulfonamides is 1. The Morgan fingerprint density at radius 2 is 1.62 bits per heavy atom. The lowest BCUT2D eigenvalue weighted by Crippen LogP contribution is -2.53. The highest BCUT2D eigenvalue weighted by atomic mass is 35.5. The highest BCUT2D eigenvalue weighted by Crippen LogP contribution is 2.26. The molecule has 0 aliphatic carbocycles. The molecule has 40 heavy (non-hydrogen) atoms. The fraction of sp³-hybridized carbons (Fsp3) is 0.310. The average Bonchev–Trinajstić information content (AvgIpc) is 2.90. The third-order valence-electron chi connectivity index (χ3n) is 6.23. The van der Waals surface area contributed by atoms with Crippen LogP contribution in [0.5, 0.6) is 0 Å². The van der Waals surface area contributed by atoms with Crippen LogP contribution >= 0.6 is 34.8 Å². The minimum atomic E-state index is -3.89. The van der Waals surface area contributed by atoms with E-state index in [-0.39, 0.29) is 24.6 Å². The number of hydrogen-bond acceptors (Lipinski definition) is 4. The van der Waals surface area contributed by atoms with Crippen molar-refractivity contribution in [3.05, 3.63) is 99.0 Å². The van der Waals surface area contributed by atoms with Crippen molar-refractivity contribution < 1.29 is 18.0 Å². The second-order valence-electron chi connectivity index (χ2n) is 9.36. The van der Waals surface area contributed by atoms with Crippen LogP contribution in [0.15, 0.2) is 72.8 Å². The molecule has 214 valence electrons. The third kappa shape index (κ3) is 9.13. The molecule has 0 saturated carbocycles. The minimum absolute atomic E-state index is 0.0410. The number of rotatable bonds is 13. The van der Waals surface area contributed by atoms with Crippen molar-refractivity contribution >= 4 is 62.3 Å². The lowest BCUT2D eigenvalue weighted by molar-refractivity contribution is -0.140. The zero-order valence-electron chi connectivity index (χ0n) is 22.3. The van der Waals surface area contributed by atoms with Gasteiger partial charge in [0.15, 0.2) is 0 Å². The number of anilines is 1. The summed E-state index contributed by atoms with van der Waals surface area (Å²) in [5.41, 5.74) is 1.64. The van der Waals surface area contributed by atoms with E-state index in [1.807, 2.05) is 37.3 Å². The molecule has 7 nitrogen and oxygen atoms in total. The molecule has 0 aliphatic heterocycles. The van der Waals surface area contributed by atoms with Gasteiger partial charge in [-0.25, -0.2) is 8.42 Å². The first-order chi connectivity index (χ1) is 19.0. The van der Waals surface area contributed by atoms with Gasteiger partial charge in [0.2, 0.25) is 21.8 Å². The molecule has 0 unspecified atom stereocenters. The summed E-state index contributed by atoms with van der Waals surface area (Å²) in [6.07, 6.45) is 2.89. The predicted octanol–water partition coefficient (Wildman–Crippen LogP) is 5.97. The number of hydrogen-bond donors (Lipinski definition) is 1. The number of nitrogens with one attached hydrogen (secondary N) is 1. The number of carbonyl (C=O) groups excluding carboxylic acids is 2. The van der Waals surface area contributed by atoms with Gasteiger partial charge in [-0.05, 0) is 47.9 Å². The van der Waals surface area contributed by atoms with Crippen LogP contribution in [0.25, 0.3) is 0 Å². The Kier molecular flexibility index (Phi) is 11.7. The van der Waals surface area contributed by atoms with Crippen molar-refractivity contribution in [1.29, 1.82) is 0 Å². The van der Waals surface area contributed by atoms with Gasteiger partial charge in [0.25, 0.3) is 0 Å². The SMILES string of the molecule is CCCCNC(=O)[C@@H](Cc1ccccc1)N(Cc1ccc(Cl)cc1Cl)C(=O)CN(c1cccc(Cl)c1)S(C)(=O)=O. The summed E-state index contributed by atoms with van der Waals surface area (Å²) >= 11 is 18.7. The number of carbonyl (C=O) groups is 2. The molecule has 3 aromatic rings. The van der Waals surface area contributed by atoms with Crippen molar-refractivity contribution in [2.45, 2.75) is 38.8 Å². The first-order valence-corrected chi connectivity index (χ1v) is 15.8. The second-order valence-corrected chi connectivity index (χ2v) is 12.5. The molecule has 3 aromatic carbocycles. The monoisotopic (exact) mass is 623 g/mol. The van der Waals surface area contributed by atoms with E-state index >= 15 is 0 Å². The van der Waals surface area contributed by atoms with Crippen LogP contribution in [-0.4, -0.2) is 50.5 Å². The van der Waals surface area contributed by atoms with Gasteiger partial charge < -0.3 is 10.2 Å². The highest BCUT2D eigenvalue weighted by Gasteiger charge is 2.33. The van der Waals surface area contributed by atoms with E-state index in [9.17, 15) is 18.0 Å². The molecule has 11 heteroatoms. The highest BCUT2D eigenvalue weighted by molar-refractivity contribution is 7.92. The van der Waals surface area contributed by atoms with E-state index in [0.717, 1.165) is 29.0 Å². The first-order valence-electron chi connectivity index (χ1n) is 12.8. The van der Waals surface area contributed by atoms with E-state index in [0.29, 0.717) is 27.2 Å². The average molecular weight is 625 g/mol. The maximum absolute atomic E-state index is 14.0. The molecule has 0 aromatic heterocycles. The fourth-order valence-electron chi connectivity index (χ4n) is 4.14. The van der Waals surface area contributed by atoms with E-state index in [4.69, 9.17) is 34.8 Å². The van der Waals surface area contributed by atoms with Crippen LogP contribution < -0.4 is 9.62 Å². The summed E-state index contributed by atoms with van der Waals surface area (Å²) in [7, 11) is -3.89. The second kappa shape index (κ2) is 14.7. The largest absolute Gasteiger partial charge is 0.354 e. The van der Waals surface area contributed by atoms with Crippen molar-refractivity contribution in [1.82, 2.24) is 10.2 Å². The zero-order valence-corrected chi connectivity index (χ0v) is 25.4. The molecule has 0 bridgehead atoms. The molecule has 0 fully saturated rings. The van der Waals surface area contributed by atoms with Gasteiger partial charge in [-0.15, -0.1) is 0 Å². The van der Waals surface area contributed by atoms with Gasteiger partial charge in [0.05, 0.1) is 11.9 Å². The van der Waals surface area contributed by atoms with Crippen molar-refractivity contribution in [3.8, 4) is 0 Å². The molecular formula is C29H32Cl3N3O4S. The molecule has 0 radical (unpaired) electrons. The first kappa shape index (κ1) is 31.7. The van der Waals surface area contributed by atoms with Crippen molar-refractivity contribution in [2.24, 2.45) is 0 Å². The summed E-state index contributed by atoms with van der Waals surface area (Å²) in [4.78, 5) is 29.0. The van der Waals surface area contributed by atoms with Crippen LogP contribution in [-0.2, 0) is 32.6 Å². The molecule has 0 spiro atoms. The topological polar surface area (TPSA) is 86.8 Å². The summed E-state index contributed by atoms with van der Waals surface area (Å²) in [6.45, 7) is 1.88. The Bertz CT molecular complexity index is 1420. The molecule has 0 saturated heterocycles. The lowest BCUT2D eigenvalue weighted by Gasteiger charge is -2.33. The van der Waals surface area contributed by atoms with Crippen LogP contribution in [0.4, 0.5) is 5.69 Å². The van der Waals surface area contributed by atoms with Crippen molar-refractivity contribution in [2.75, 3.05) is 23.7 Å². The van der Waals surface area contributed by atoms with Gasteiger partial charge in [0.1, 0.15) is 12.6 Å². The maximum Gasteiger partial charge on any atom is 0.244 e. The van der Waals surface area contributed by atoms with Gasteiger partial charge in [-0.3, -0.25) is 13.9 Å². The van der Waals surface area contributed by atoms with E-state index in [1.165, 1.54) is 11.0 Å². The number of halogens is 3. The van der Waals surface area contributed by atoms with Gasteiger partial charge >= 0.3 is 0 Å². The van der Waals surface area contributed by atoms with Crippen LogP contribution in [0.3, 0.4) is 0 Å². The van der Waals surface area contributed by atoms with Gasteiger partial charge in [-0.1, -0.05) is 90.6 Å². The smallest absolute Gasteiger partial charge is 0.244 e. The quantitative estimate of drug-likeness (QED) is 0.238. The number of nitrogens with zero attached hydrogens (tertiary/aromatic N) is 2. The third-order valence-corrected chi connectivity index (χ3v) is 8.19. The molecule has 0 aliphatic rings. The Labute approximate surface area is 251 Å². The zero-order chi connectivity index (χ0) is 29.3. The maximum atomic E-state index is 14.0. The van der Waals surface area contributed by atoms with E-state index < -0.39 is 28.5 Å². The summed E-state index contributed by atoms with van der Waals surface area (Å²) < 4.78 is 26.6. The van der Waals surface area contributed by atoms with Crippen LogP contribution in [0.1, 0.15) is 30.9 Å². The Hall–Kier alpha value is -2.78. The molecule has 2 amide bonds. The molecule has 3 rings (SSSR count). The summed E-state index contributed by atoms with van der Waals surface area (Å²) in [5, 5.41) is 4.00. The van der Waals surface area contributed by atoms with Gasteiger partial charge in [-0.2, -0.15) is 0 Å². The standard InChI is InChI=1S/C29H32Cl3N3O4S/c1-3-4-15-33-29(37)27(16-21-9-6-5-7-10-21)34(19-22-13-14-24(31)18-26(22)32)28(36)20-35(40(2,38)39)25-12-8-11-23(30)17-25/h5-14,17-18,27H,3-4,15-16,19-20H2,1-2H3,(H,33,37)/t27-/m1/s1. The summed E-state index contributed by atoms with van der Waals surface area (Å²) in [5.74, 6) is -0.924. The van der Waals surface area contributed by atoms with Crippen molar-refractivity contribution in [3.63, 3.8) is 0 Å². The Balaban J connectivity index is 2.06. The number of amides is 2. The number of benzene rings is 3. The number of unbranched alkanes of at least 4 members (excludes halogenated alkanes) is 1. The minimum Gasteiger partial charge on any atom is -0.354 e. The van der Waals surface area contributed by atoms with Gasteiger partial charge in [0, 0.05) is 34.6 Å². The van der Waals surface area contributed by atoms with Crippen LogP contribution in [0, 0.1) is 0 Å². The Morgan fingerprint density at radius 1 is 0.925 bits per heavy atom. The fourth-order valence-corrected chi connectivity index (χ4v) is 5.63. The molecule has 0 heterocycles. The molecule has 1 atom stereocenters. The normalized spacial score (nSPS) is 12.0. The molecule has 1 N–H and O–H groups in total. The lowest BCUT2D eigenvalue weighted by atomic mass is 10.0. The van der Waals surface area contributed by atoms with E-state index in [2.05, 4.69) is 5.32 Å². The Morgan fingerprint density at radius 3 is 2.25 bits per heavy atom. The van der Waals surface area contributed by atoms with E-state index in [1.54, 1.807) is 36.4 Å². The predicted molar refractivity (Wildman–Crippen MR) is 163 cm³/mol.